The van der Waals surface area contributed by atoms with E-state index >= 15 is 0 Å². The smallest absolute Gasteiger partial charge is 0.00181 e. The van der Waals surface area contributed by atoms with Gasteiger partial charge in [0.05, 0.1) is 0 Å². The van der Waals surface area contributed by atoms with E-state index in [1.807, 2.05) is 0 Å². The first kappa shape index (κ1) is 11.3. The van der Waals surface area contributed by atoms with E-state index in [2.05, 4.69) is 42.2 Å². The monoisotopic (exact) mass is 229 g/mol. The van der Waals surface area contributed by atoms with Crippen LogP contribution in [0.2, 0.25) is 0 Å². The van der Waals surface area contributed by atoms with Gasteiger partial charge in [-0.3, -0.25) is 0 Å². The number of hydrogen-bond acceptors (Lipinski definition) is 1. The Morgan fingerprint density at radius 2 is 2.06 bits per heavy atom. The van der Waals surface area contributed by atoms with E-state index in [0.29, 0.717) is 5.41 Å². The lowest BCUT2D eigenvalue weighted by Gasteiger charge is -2.44. The van der Waals surface area contributed by atoms with E-state index in [9.17, 15) is 0 Å². The second kappa shape index (κ2) is 4.45. The van der Waals surface area contributed by atoms with Gasteiger partial charge in [0.2, 0.25) is 0 Å². The normalized spacial score (nSPS) is 33.6. The zero-order valence-electron chi connectivity index (χ0n) is 10.9. The predicted molar refractivity (Wildman–Crippen MR) is 72.2 cm³/mol. The summed E-state index contributed by atoms with van der Waals surface area (Å²) in [6.45, 7) is 6.14. The van der Waals surface area contributed by atoms with Crippen LogP contribution < -0.4 is 0 Å². The zero-order chi connectivity index (χ0) is 11.7. The fourth-order valence-electron chi connectivity index (χ4n) is 4.08. The molecule has 2 fully saturated rings. The van der Waals surface area contributed by atoms with Gasteiger partial charge < -0.3 is 4.90 Å². The molecule has 0 N–H and O–H groups in total. The van der Waals surface area contributed by atoms with Crippen LogP contribution in [-0.4, -0.2) is 24.5 Å². The number of rotatable bonds is 2. The summed E-state index contributed by atoms with van der Waals surface area (Å²) in [6, 6.07) is 11.3. The molecule has 1 aliphatic heterocycles. The van der Waals surface area contributed by atoms with Crippen LogP contribution in [0.5, 0.6) is 0 Å². The highest BCUT2D eigenvalue weighted by atomic mass is 15.1. The van der Waals surface area contributed by atoms with E-state index in [0.717, 1.165) is 5.92 Å². The van der Waals surface area contributed by atoms with Gasteiger partial charge in [0.25, 0.3) is 0 Å². The Morgan fingerprint density at radius 1 is 1.24 bits per heavy atom. The Kier molecular flexibility index (Phi) is 2.96. The first-order valence-corrected chi connectivity index (χ1v) is 7.13. The van der Waals surface area contributed by atoms with Gasteiger partial charge in [-0.25, -0.2) is 0 Å². The number of benzene rings is 1. The molecular formula is C16H23N. The second-order valence-corrected chi connectivity index (χ2v) is 5.75. The SMILES string of the molecule is CCN1CCC2(c3ccccc3)CCCC2C1. The zero-order valence-corrected chi connectivity index (χ0v) is 10.9. The molecule has 1 nitrogen and oxygen atoms in total. The Hall–Kier alpha value is -0.820. The average molecular weight is 229 g/mol. The Morgan fingerprint density at radius 3 is 2.82 bits per heavy atom. The van der Waals surface area contributed by atoms with Gasteiger partial charge in [-0.2, -0.15) is 0 Å². The predicted octanol–water partition coefficient (Wildman–Crippen LogP) is 3.45. The Balaban J connectivity index is 1.91. The van der Waals surface area contributed by atoms with Crippen LogP contribution in [0.4, 0.5) is 0 Å². The minimum absolute atomic E-state index is 0.521. The summed E-state index contributed by atoms with van der Waals surface area (Å²) in [7, 11) is 0. The topological polar surface area (TPSA) is 3.24 Å². The van der Waals surface area contributed by atoms with Gasteiger partial charge in [-0.15, -0.1) is 0 Å². The van der Waals surface area contributed by atoms with E-state index in [1.54, 1.807) is 5.56 Å². The largest absolute Gasteiger partial charge is 0.303 e. The minimum Gasteiger partial charge on any atom is -0.303 e. The van der Waals surface area contributed by atoms with Crippen molar-refractivity contribution in [3.63, 3.8) is 0 Å². The average Bonchev–Trinajstić information content (AvgIpc) is 2.83. The molecule has 2 atom stereocenters. The van der Waals surface area contributed by atoms with Crippen molar-refractivity contribution in [2.75, 3.05) is 19.6 Å². The lowest BCUT2D eigenvalue weighted by molar-refractivity contribution is 0.116. The first-order valence-electron chi connectivity index (χ1n) is 7.13. The van der Waals surface area contributed by atoms with Gasteiger partial charge in [0, 0.05) is 12.0 Å². The van der Waals surface area contributed by atoms with Crippen molar-refractivity contribution in [1.29, 1.82) is 0 Å². The molecule has 2 unspecified atom stereocenters. The van der Waals surface area contributed by atoms with Crippen molar-refractivity contribution >= 4 is 0 Å². The summed E-state index contributed by atoms with van der Waals surface area (Å²) in [6.07, 6.45) is 5.65. The number of nitrogens with zero attached hydrogens (tertiary/aromatic N) is 1. The van der Waals surface area contributed by atoms with Crippen molar-refractivity contribution in [3.05, 3.63) is 35.9 Å². The van der Waals surface area contributed by atoms with E-state index in [1.165, 1.54) is 45.3 Å². The molecule has 0 aromatic heterocycles. The Labute approximate surface area is 105 Å². The van der Waals surface area contributed by atoms with Crippen LogP contribution in [-0.2, 0) is 5.41 Å². The highest BCUT2D eigenvalue weighted by molar-refractivity contribution is 5.29. The molecule has 0 bridgehead atoms. The summed E-state index contributed by atoms with van der Waals surface area (Å²) in [4.78, 5) is 2.64. The molecule has 92 valence electrons. The summed E-state index contributed by atoms with van der Waals surface area (Å²) >= 11 is 0. The van der Waals surface area contributed by atoms with E-state index < -0.39 is 0 Å². The maximum atomic E-state index is 2.64. The van der Waals surface area contributed by atoms with Gasteiger partial charge >= 0.3 is 0 Å². The maximum absolute atomic E-state index is 2.64. The molecule has 0 spiro atoms. The lowest BCUT2D eigenvalue weighted by Crippen LogP contribution is -2.47. The van der Waals surface area contributed by atoms with Crippen molar-refractivity contribution < 1.29 is 0 Å². The molecule has 0 radical (unpaired) electrons. The molecule has 1 aromatic rings. The van der Waals surface area contributed by atoms with Crippen molar-refractivity contribution in [3.8, 4) is 0 Å². The van der Waals surface area contributed by atoms with E-state index in [-0.39, 0.29) is 0 Å². The molecule has 2 aliphatic rings. The van der Waals surface area contributed by atoms with Crippen LogP contribution in [0, 0.1) is 5.92 Å². The van der Waals surface area contributed by atoms with Crippen LogP contribution >= 0.6 is 0 Å². The third-order valence-electron chi connectivity index (χ3n) is 5.11. The molecule has 3 rings (SSSR count). The molecule has 1 heteroatoms. The van der Waals surface area contributed by atoms with Crippen LogP contribution in [0.25, 0.3) is 0 Å². The van der Waals surface area contributed by atoms with Gasteiger partial charge in [0.1, 0.15) is 0 Å². The minimum atomic E-state index is 0.521. The number of hydrogen-bond donors (Lipinski definition) is 0. The molecule has 1 saturated heterocycles. The number of fused-ring (bicyclic) bond motifs is 1. The molecule has 1 aliphatic carbocycles. The summed E-state index contributed by atoms with van der Waals surface area (Å²) in [5, 5.41) is 0. The molecule has 1 aromatic carbocycles. The van der Waals surface area contributed by atoms with Gasteiger partial charge in [0.15, 0.2) is 0 Å². The van der Waals surface area contributed by atoms with Crippen molar-refractivity contribution in [2.24, 2.45) is 5.92 Å². The standard InChI is InChI=1S/C16H23N/c1-2-17-12-11-16(10-6-9-15(16)13-17)14-7-4-3-5-8-14/h3-5,7-8,15H,2,6,9-13H2,1H3. The van der Waals surface area contributed by atoms with E-state index in [4.69, 9.17) is 0 Å². The summed E-state index contributed by atoms with van der Waals surface area (Å²) in [5.41, 5.74) is 2.13. The van der Waals surface area contributed by atoms with Crippen LogP contribution in [0.3, 0.4) is 0 Å². The third kappa shape index (κ3) is 1.81. The van der Waals surface area contributed by atoms with Crippen LogP contribution in [0.1, 0.15) is 38.2 Å². The highest BCUT2D eigenvalue weighted by Gasteiger charge is 2.46. The number of piperidine rings is 1. The van der Waals surface area contributed by atoms with Gasteiger partial charge in [-0.05, 0) is 43.8 Å². The summed E-state index contributed by atoms with van der Waals surface area (Å²) < 4.78 is 0. The maximum Gasteiger partial charge on any atom is 0.00181 e. The summed E-state index contributed by atoms with van der Waals surface area (Å²) in [5.74, 6) is 0.901. The lowest BCUT2D eigenvalue weighted by atomic mass is 9.68. The van der Waals surface area contributed by atoms with Crippen molar-refractivity contribution in [2.45, 2.75) is 38.0 Å². The molecular weight excluding hydrogens is 206 g/mol. The highest BCUT2D eigenvalue weighted by Crippen LogP contribution is 2.50. The van der Waals surface area contributed by atoms with Crippen LogP contribution in [0.15, 0.2) is 30.3 Å². The third-order valence-corrected chi connectivity index (χ3v) is 5.11. The molecule has 0 amide bonds. The fourth-order valence-corrected chi connectivity index (χ4v) is 4.08. The molecule has 17 heavy (non-hydrogen) atoms. The number of likely N-dealkylation sites (tertiary alicyclic amines) is 1. The Bertz CT molecular complexity index is 372. The first-order chi connectivity index (χ1) is 8.35. The quantitative estimate of drug-likeness (QED) is 0.751. The molecule has 1 heterocycles. The van der Waals surface area contributed by atoms with Gasteiger partial charge in [-0.1, -0.05) is 43.7 Å². The molecule has 1 saturated carbocycles. The van der Waals surface area contributed by atoms with Crippen molar-refractivity contribution in [1.82, 2.24) is 4.90 Å². The second-order valence-electron chi connectivity index (χ2n) is 5.75. The fraction of sp³-hybridized carbons (Fsp3) is 0.625.